The average Bonchev–Trinajstić information content (AvgIpc) is 2.47. The summed E-state index contributed by atoms with van der Waals surface area (Å²) >= 11 is 6.06. The van der Waals surface area contributed by atoms with Crippen LogP contribution in [0.3, 0.4) is 0 Å². The Morgan fingerprint density at radius 3 is 2.70 bits per heavy atom. The number of esters is 1. The maximum atomic E-state index is 12.0. The van der Waals surface area contributed by atoms with Crippen LogP contribution in [0.25, 0.3) is 0 Å². The van der Waals surface area contributed by atoms with E-state index in [-0.39, 0.29) is 0 Å². The minimum atomic E-state index is -0.477. The summed E-state index contributed by atoms with van der Waals surface area (Å²) in [5.74, 6) is -0.477. The second kappa shape index (κ2) is 6.23. The summed E-state index contributed by atoms with van der Waals surface area (Å²) in [6.07, 6.45) is -0.457. The first-order valence-electron chi connectivity index (χ1n) is 6.07. The maximum Gasteiger partial charge on any atom is 0.338 e. The van der Waals surface area contributed by atoms with E-state index in [1.165, 1.54) is 6.07 Å². The molecule has 0 bridgehead atoms. The van der Waals surface area contributed by atoms with Gasteiger partial charge >= 0.3 is 5.97 Å². The van der Waals surface area contributed by atoms with Crippen molar-refractivity contribution in [2.45, 2.75) is 13.0 Å². The molecule has 3 nitrogen and oxygen atoms in total. The van der Waals surface area contributed by atoms with Crippen LogP contribution in [0.5, 0.6) is 0 Å². The van der Waals surface area contributed by atoms with Crippen LogP contribution >= 0.6 is 11.6 Å². The molecule has 0 heterocycles. The Morgan fingerprint density at radius 2 is 2.00 bits per heavy atom. The molecule has 0 aromatic heterocycles. The van der Waals surface area contributed by atoms with Crippen LogP contribution in [0.15, 0.2) is 48.5 Å². The number of nitriles is 1. The summed E-state index contributed by atoms with van der Waals surface area (Å²) < 4.78 is 5.37. The average molecular weight is 286 g/mol. The topological polar surface area (TPSA) is 50.1 Å². The van der Waals surface area contributed by atoms with Crippen molar-refractivity contribution in [1.82, 2.24) is 0 Å². The Morgan fingerprint density at radius 1 is 1.25 bits per heavy atom. The summed E-state index contributed by atoms with van der Waals surface area (Å²) in [5, 5.41) is 9.37. The zero-order chi connectivity index (χ0) is 14.5. The number of ether oxygens (including phenoxy) is 1. The molecule has 0 aliphatic rings. The molecule has 0 amide bonds. The molecule has 2 aromatic carbocycles. The summed E-state index contributed by atoms with van der Waals surface area (Å²) in [6, 6.07) is 15.6. The second-order valence-corrected chi connectivity index (χ2v) is 4.67. The SMILES string of the molecule is C[C@@H](OC(=O)c1cccc(C#N)c1)c1ccccc1Cl. The molecule has 0 radical (unpaired) electrons. The Kier molecular flexibility index (Phi) is 4.39. The lowest BCUT2D eigenvalue weighted by Crippen LogP contribution is -2.09. The molecule has 1 atom stereocenters. The highest BCUT2D eigenvalue weighted by atomic mass is 35.5. The Hall–Kier alpha value is -2.31. The summed E-state index contributed by atoms with van der Waals surface area (Å²) in [4.78, 5) is 12.0. The van der Waals surface area contributed by atoms with Gasteiger partial charge < -0.3 is 4.74 Å². The van der Waals surface area contributed by atoms with Gasteiger partial charge in [0.2, 0.25) is 0 Å². The number of halogens is 1. The third-order valence-corrected chi connectivity index (χ3v) is 3.20. The van der Waals surface area contributed by atoms with Crippen LogP contribution in [0.4, 0.5) is 0 Å². The van der Waals surface area contributed by atoms with Crippen molar-refractivity contribution in [3.8, 4) is 6.07 Å². The van der Waals surface area contributed by atoms with E-state index in [9.17, 15) is 4.79 Å². The number of hydrogen-bond donors (Lipinski definition) is 0. The molecular formula is C16H12ClNO2. The smallest absolute Gasteiger partial charge is 0.338 e. The zero-order valence-electron chi connectivity index (χ0n) is 10.8. The first-order valence-corrected chi connectivity index (χ1v) is 6.45. The van der Waals surface area contributed by atoms with Crippen LogP contribution in [-0.2, 0) is 4.74 Å². The van der Waals surface area contributed by atoms with Gasteiger partial charge in [-0.1, -0.05) is 35.9 Å². The van der Waals surface area contributed by atoms with E-state index in [1.807, 2.05) is 24.3 Å². The summed E-state index contributed by atoms with van der Waals surface area (Å²) in [5.41, 5.74) is 1.52. The third-order valence-electron chi connectivity index (χ3n) is 2.85. The lowest BCUT2D eigenvalue weighted by Gasteiger charge is -2.15. The Bertz CT molecular complexity index is 676. The fourth-order valence-corrected chi connectivity index (χ4v) is 2.10. The first-order chi connectivity index (χ1) is 9.61. The van der Waals surface area contributed by atoms with E-state index in [0.717, 1.165) is 5.56 Å². The molecule has 0 spiro atoms. The number of carbonyl (C=O) groups excluding carboxylic acids is 1. The minimum absolute atomic E-state index is 0.350. The molecule has 100 valence electrons. The van der Waals surface area contributed by atoms with Gasteiger partial charge in [0.25, 0.3) is 0 Å². The van der Waals surface area contributed by atoms with Crippen molar-refractivity contribution in [2.75, 3.05) is 0 Å². The third kappa shape index (κ3) is 3.17. The van der Waals surface area contributed by atoms with Crippen LogP contribution in [0, 0.1) is 11.3 Å². The van der Waals surface area contributed by atoms with E-state index in [4.69, 9.17) is 21.6 Å². The van der Waals surface area contributed by atoms with E-state index in [2.05, 4.69) is 0 Å². The number of benzene rings is 2. The highest BCUT2D eigenvalue weighted by molar-refractivity contribution is 6.31. The highest BCUT2D eigenvalue weighted by Gasteiger charge is 2.15. The highest BCUT2D eigenvalue weighted by Crippen LogP contribution is 2.25. The minimum Gasteiger partial charge on any atom is -0.454 e. The number of carbonyl (C=O) groups is 1. The molecule has 2 rings (SSSR count). The first kappa shape index (κ1) is 14.1. The summed E-state index contributed by atoms with van der Waals surface area (Å²) in [7, 11) is 0. The van der Waals surface area contributed by atoms with Gasteiger partial charge in [0.1, 0.15) is 6.10 Å². The van der Waals surface area contributed by atoms with Crippen LogP contribution in [-0.4, -0.2) is 5.97 Å². The molecule has 2 aromatic rings. The molecule has 0 N–H and O–H groups in total. The van der Waals surface area contributed by atoms with Gasteiger partial charge in [-0.3, -0.25) is 0 Å². The van der Waals surface area contributed by atoms with Crippen LogP contribution < -0.4 is 0 Å². The monoisotopic (exact) mass is 285 g/mol. The Balaban J connectivity index is 2.15. The van der Waals surface area contributed by atoms with Gasteiger partial charge in [-0.2, -0.15) is 5.26 Å². The normalized spacial score (nSPS) is 11.4. The van der Waals surface area contributed by atoms with E-state index >= 15 is 0 Å². The molecule has 20 heavy (non-hydrogen) atoms. The molecule has 0 saturated carbocycles. The van der Waals surface area contributed by atoms with Gasteiger partial charge in [0.15, 0.2) is 0 Å². The van der Waals surface area contributed by atoms with Crippen molar-refractivity contribution < 1.29 is 9.53 Å². The maximum absolute atomic E-state index is 12.0. The molecule has 0 unspecified atom stereocenters. The van der Waals surface area contributed by atoms with Gasteiger partial charge in [0, 0.05) is 10.6 Å². The lowest BCUT2D eigenvalue weighted by molar-refractivity contribution is 0.0338. The molecule has 0 fully saturated rings. The van der Waals surface area contributed by atoms with Gasteiger partial charge in [-0.15, -0.1) is 0 Å². The van der Waals surface area contributed by atoms with Crippen LogP contribution in [0.2, 0.25) is 5.02 Å². The van der Waals surface area contributed by atoms with Gasteiger partial charge in [-0.25, -0.2) is 4.79 Å². The van der Waals surface area contributed by atoms with Gasteiger partial charge in [0.05, 0.1) is 17.2 Å². The van der Waals surface area contributed by atoms with Crippen LogP contribution in [0.1, 0.15) is 34.5 Å². The Labute approximate surface area is 122 Å². The number of nitrogens with zero attached hydrogens (tertiary/aromatic N) is 1. The van der Waals surface area contributed by atoms with E-state index in [0.29, 0.717) is 16.1 Å². The van der Waals surface area contributed by atoms with Crippen molar-refractivity contribution in [3.05, 3.63) is 70.2 Å². The number of rotatable bonds is 3. The fourth-order valence-electron chi connectivity index (χ4n) is 1.81. The largest absolute Gasteiger partial charge is 0.454 e. The van der Waals surface area contributed by atoms with E-state index < -0.39 is 12.1 Å². The quantitative estimate of drug-likeness (QED) is 0.797. The molecular weight excluding hydrogens is 274 g/mol. The predicted molar refractivity (Wildman–Crippen MR) is 76.4 cm³/mol. The zero-order valence-corrected chi connectivity index (χ0v) is 11.6. The second-order valence-electron chi connectivity index (χ2n) is 4.26. The fraction of sp³-hybridized carbons (Fsp3) is 0.125. The van der Waals surface area contributed by atoms with Crippen molar-refractivity contribution in [2.24, 2.45) is 0 Å². The standard InChI is InChI=1S/C16H12ClNO2/c1-11(14-7-2-3-8-15(14)17)20-16(19)13-6-4-5-12(9-13)10-18/h2-9,11H,1H3/t11-/m1/s1. The van der Waals surface area contributed by atoms with E-state index in [1.54, 1.807) is 31.2 Å². The molecule has 4 heteroatoms. The van der Waals surface area contributed by atoms with Crippen molar-refractivity contribution >= 4 is 17.6 Å². The molecule has 0 saturated heterocycles. The lowest BCUT2D eigenvalue weighted by atomic mass is 10.1. The molecule has 0 aliphatic heterocycles. The van der Waals surface area contributed by atoms with Gasteiger partial charge in [-0.05, 0) is 31.2 Å². The van der Waals surface area contributed by atoms with Crippen molar-refractivity contribution in [3.63, 3.8) is 0 Å². The van der Waals surface area contributed by atoms with Crippen molar-refractivity contribution in [1.29, 1.82) is 5.26 Å². The predicted octanol–water partition coefficient (Wildman–Crippen LogP) is 4.13. The molecule has 0 aliphatic carbocycles. The number of hydrogen-bond acceptors (Lipinski definition) is 3. The summed E-state index contributed by atoms with van der Waals surface area (Å²) in [6.45, 7) is 1.76.